The second-order valence-electron chi connectivity index (χ2n) is 6.22. The Balaban J connectivity index is 1.64. The zero-order chi connectivity index (χ0) is 18.6. The van der Waals surface area contributed by atoms with Crippen molar-refractivity contribution in [1.82, 2.24) is 9.73 Å². The molecule has 3 rings (SSSR count). The lowest BCUT2D eigenvalue weighted by molar-refractivity contribution is -0.126. The molecule has 1 fully saturated rings. The van der Waals surface area contributed by atoms with Crippen LogP contribution in [0, 0.1) is 12.8 Å². The number of hydrogen-bond donors (Lipinski definition) is 1. The molecule has 1 saturated heterocycles. The Kier molecular flexibility index (Phi) is 5.85. The molecule has 6 nitrogen and oxygen atoms in total. The molecule has 1 aliphatic heterocycles. The molecule has 2 heterocycles. The van der Waals surface area contributed by atoms with Crippen LogP contribution in [0.15, 0.2) is 51.8 Å². The van der Waals surface area contributed by atoms with Gasteiger partial charge in [-0.05, 0) is 48.9 Å². The predicted molar refractivity (Wildman–Crippen MR) is 103 cm³/mol. The molecule has 0 saturated carbocycles. The van der Waals surface area contributed by atoms with E-state index >= 15 is 0 Å². The largest absolute Gasteiger partial charge is 0.273 e. The summed E-state index contributed by atoms with van der Waals surface area (Å²) in [7, 11) is -3.57. The number of sulfonamides is 1. The van der Waals surface area contributed by atoms with E-state index in [1.165, 1.54) is 4.31 Å². The number of hydrazone groups is 1. The van der Waals surface area contributed by atoms with E-state index < -0.39 is 15.9 Å². The summed E-state index contributed by atoms with van der Waals surface area (Å²) in [4.78, 5) is 13.6. The van der Waals surface area contributed by atoms with Gasteiger partial charge in [0.05, 0.1) is 17.0 Å². The third-order valence-corrected chi connectivity index (χ3v) is 7.23. The van der Waals surface area contributed by atoms with E-state index in [-0.39, 0.29) is 17.3 Å². The minimum atomic E-state index is -3.57. The molecule has 1 aromatic carbocycles. The van der Waals surface area contributed by atoms with Gasteiger partial charge >= 0.3 is 0 Å². The number of hydrogen-bond acceptors (Lipinski definition) is 5. The average Bonchev–Trinajstić information content (AvgIpc) is 3.07. The summed E-state index contributed by atoms with van der Waals surface area (Å²) >= 11 is 1.55. The zero-order valence-corrected chi connectivity index (χ0v) is 16.1. The molecular weight excluding hydrogens is 370 g/mol. The molecule has 1 aromatic heterocycles. The van der Waals surface area contributed by atoms with Crippen molar-refractivity contribution < 1.29 is 13.2 Å². The molecule has 0 spiro atoms. The van der Waals surface area contributed by atoms with Crippen LogP contribution in [0.4, 0.5) is 0 Å². The quantitative estimate of drug-likeness (QED) is 0.629. The fraction of sp³-hybridized carbons (Fsp3) is 0.333. The van der Waals surface area contributed by atoms with Gasteiger partial charge in [0.15, 0.2) is 0 Å². The van der Waals surface area contributed by atoms with Gasteiger partial charge in [0, 0.05) is 18.0 Å². The third-order valence-electron chi connectivity index (χ3n) is 4.39. The number of nitrogens with zero attached hydrogens (tertiary/aromatic N) is 2. The van der Waals surface area contributed by atoms with Gasteiger partial charge in [0.25, 0.3) is 0 Å². The molecule has 138 valence electrons. The Hall–Kier alpha value is -2.03. The number of nitrogens with one attached hydrogen (secondary N) is 1. The average molecular weight is 392 g/mol. The van der Waals surface area contributed by atoms with E-state index in [4.69, 9.17) is 0 Å². The first kappa shape index (κ1) is 18.8. The predicted octanol–water partition coefficient (Wildman–Crippen LogP) is 2.61. The summed E-state index contributed by atoms with van der Waals surface area (Å²) in [6.45, 7) is 2.59. The van der Waals surface area contributed by atoms with Crippen LogP contribution in [0.2, 0.25) is 0 Å². The van der Waals surface area contributed by atoms with Crippen LogP contribution in [0.3, 0.4) is 0 Å². The van der Waals surface area contributed by atoms with Gasteiger partial charge < -0.3 is 0 Å². The molecule has 2 aromatic rings. The Morgan fingerprint density at radius 2 is 2.08 bits per heavy atom. The molecule has 8 heteroatoms. The summed E-state index contributed by atoms with van der Waals surface area (Å²) < 4.78 is 26.8. The fourth-order valence-electron chi connectivity index (χ4n) is 2.88. The highest BCUT2D eigenvalue weighted by molar-refractivity contribution is 7.89. The van der Waals surface area contributed by atoms with Gasteiger partial charge in [-0.2, -0.15) is 9.41 Å². The zero-order valence-electron chi connectivity index (χ0n) is 14.5. The van der Waals surface area contributed by atoms with Crippen LogP contribution in [-0.2, 0) is 14.8 Å². The molecule has 0 aliphatic carbocycles. The van der Waals surface area contributed by atoms with Crippen molar-refractivity contribution in [3.8, 4) is 0 Å². The van der Waals surface area contributed by atoms with Gasteiger partial charge in [-0.3, -0.25) is 4.79 Å². The molecule has 1 aliphatic rings. The number of carbonyl (C=O) groups excluding carboxylic acids is 1. The van der Waals surface area contributed by atoms with Gasteiger partial charge in [-0.1, -0.05) is 18.2 Å². The maximum Gasteiger partial charge on any atom is 0.244 e. The van der Waals surface area contributed by atoms with Crippen LogP contribution in [0.25, 0.3) is 0 Å². The van der Waals surface area contributed by atoms with Gasteiger partial charge in [-0.25, -0.2) is 13.8 Å². The maximum atomic E-state index is 12.7. The van der Waals surface area contributed by atoms with Crippen LogP contribution >= 0.6 is 11.3 Å². The molecular formula is C18H21N3O3S2. The molecule has 1 atom stereocenters. The molecule has 26 heavy (non-hydrogen) atoms. The van der Waals surface area contributed by atoms with Crippen LogP contribution < -0.4 is 5.43 Å². The van der Waals surface area contributed by atoms with Crippen LogP contribution in [0.5, 0.6) is 0 Å². The summed E-state index contributed by atoms with van der Waals surface area (Å²) in [5.74, 6) is -0.646. The van der Waals surface area contributed by atoms with E-state index in [0.717, 1.165) is 10.4 Å². The first-order valence-electron chi connectivity index (χ1n) is 8.40. The standard InChI is InChI=1S/C18H21N3O3S2/c1-14-9-11-25-17(14)12-19-20-18(22)15-6-5-10-21(13-15)26(23,24)16-7-3-2-4-8-16/h2-4,7-9,11-12,15H,5-6,10,13H2,1H3,(H,20,22)/b19-12+. The highest BCUT2D eigenvalue weighted by Crippen LogP contribution is 2.23. The van der Waals surface area contributed by atoms with Crippen LogP contribution in [-0.4, -0.2) is 37.9 Å². The van der Waals surface area contributed by atoms with Gasteiger partial charge in [-0.15, -0.1) is 11.3 Å². The molecule has 1 unspecified atom stereocenters. The Morgan fingerprint density at radius 1 is 1.31 bits per heavy atom. The number of aryl methyl sites for hydroxylation is 1. The second-order valence-corrected chi connectivity index (χ2v) is 9.10. The number of piperidine rings is 1. The van der Waals surface area contributed by atoms with E-state index in [9.17, 15) is 13.2 Å². The first-order chi connectivity index (χ1) is 12.5. The summed E-state index contributed by atoms with van der Waals surface area (Å²) in [5, 5.41) is 5.98. The Labute approximate surface area is 157 Å². The monoisotopic (exact) mass is 391 g/mol. The fourth-order valence-corrected chi connectivity index (χ4v) is 5.21. The van der Waals surface area contributed by atoms with E-state index in [0.29, 0.717) is 19.4 Å². The van der Waals surface area contributed by atoms with Crippen molar-refractivity contribution in [3.63, 3.8) is 0 Å². The van der Waals surface area contributed by atoms with Gasteiger partial charge in [0.2, 0.25) is 15.9 Å². The molecule has 1 amide bonds. The molecule has 0 bridgehead atoms. The number of thiophene rings is 1. The van der Waals surface area contributed by atoms with Crippen molar-refractivity contribution in [1.29, 1.82) is 0 Å². The second kappa shape index (κ2) is 8.11. The van der Waals surface area contributed by atoms with Crippen molar-refractivity contribution in [2.75, 3.05) is 13.1 Å². The van der Waals surface area contributed by atoms with Crippen LogP contribution in [0.1, 0.15) is 23.3 Å². The van der Waals surface area contributed by atoms with E-state index in [1.54, 1.807) is 47.9 Å². The van der Waals surface area contributed by atoms with Crippen molar-refractivity contribution in [3.05, 3.63) is 52.2 Å². The summed E-state index contributed by atoms with van der Waals surface area (Å²) in [6.07, 6.45) is 2.93. The topological polar surface area (TPSA) is 78.8 Å². The SMILES string of the molecule is Cc1ccsc1/C=N/NC(=O)C1CCCN(S(=O)(=O)c2ccccc2)C1. The highest BCUT2D eigenvalue weighted by atomic mass is 32.2. The normalized spacial score (nSPS) is 18.9. The number of amides is 1. The minimum absolute atomic E-state index is 0.177. The van der Waals surface area contributed by atoms with Crippen molar-refractivity contribution in [2.45, 2.75) is 24.7 Å². The smallest absolute Gasteiger partial charge is 0.244 e. The van der Waals surface area contributed by atoms with E-state index in [2.05, 4.69) is 10.5 Å². The lowest BCUT2D eigenvalue weighted by atomic mass is 9.99. The first-order valence-corrected chi connectivity index (χ1v) is 10.7. The minimum Gasteiger partial charge on any atom is -0.273 e. The maximum absolute atomic E-state index is 12.7. The van der Waals surface area contributed by atoms with Gasteiger partial charge in [0.1, 0.15) is 0 Å². The Bertz CT molecular complexity index is 891. The Morgan fingerprint density at radius 3 is 2.77 bits per heavy atom. The van der Waals surface area contributed by atoms with E-state index in [1.807, 2.05) is 18.4 Å². The van der Waals surface area contributed by atoms with Crippen molar-refractivity contribution >= 4 is 33.5 Å². The van der Waals surface area contributed by atoms with Crippen molar-refractivity contribution in [2.24, 2.45) is 11.0 Å². The lowest BCUT2D eigenvalue weighted by Crippen LogP contribution is -2.44. The molecule has 1 N–H and O–H groups in total. The highest BCUT2D eigenvalue weighted by Gasteiger charge is 2.33. The third kappa shape index (κ3) is 4.20. The lowest BCUT2D eigenvalue weighted by Gasteiger charge is -2.30. The number of carbonyl (C=O) groups is 1. The number of rotatable bonds is 5. The number of benzene rings is 1. The summed E-state index contributed by atoms with van der Waals surface area (Å²) in [6, 6.07) is 10.3. The summed E-state index contributed by atoms with van der Waals surface area (Å²) in [5.41, 5.74) is 3.65. The molecule has 0 radical (unpaired) electrons.